The van der Waals surface area contributed by atoms with Crippen molar-refractivity contribution in [3.8, 4) is 91.9 Å². The molecule has 0 aliphatic heterocycles. The molecule has 0 heteroatoms. The molecule has 0 fully saturated rings. The van der Waals surface area contributed by atoms with Crippen LogP contribution in [0.2, 0.25) is 0 Å². The van der Waals surface area contributed by atoms with E-state index in [-0.39, 0.29) is 0 Å². The fourth-order valence-corrected chi connectivity index (χ4v) is 6.79. The fourth-order valence-electron chi connectivity index (χ4n) is 6.79. The monoisotopic (exact) mass is 704 g/mol. The SMILES string of the molecule is C1#Cc2cccc(c2)-c2cccc(c2)C#Cc2cccc(c2)-c2cccc(c2)C#Cc2cccc(c2)-c2cccc(c2)C#Cc2cccc(c2)-c2cccc1c2. The molecule has 0 atom stereocenters. The summed E-state index contributed by atoms with van der Waals surface area (Å²) in [4.78, 5) is 0. The van der Waals surface area contributed by atoms with Crippen LogP contribution in [0.15, 0.2) is 194 Å². The van der Waals surface area contributed by atoms with Gasteiger partial charge < -0.3 is 0 Å². The number of hydrogen-bond donors (Lipinski definition) is 0. The van der Waals surface area contributed by atoms with Crippen LogP contribution in [-0.4, -0.2) is 0 Å². The second-order valence-corrected chi connectivity index (χ2v) is 13.6. The van der Waals surface area contributed by atoms with Crippen molar-refractivity contribution < 1.29 is 0 Å². The number of benzene rings is 8. The van der Waals surface area contributed by atoms with E-state index in [9.17, 15) is 0 Å². The van der Waals surface area contributed by atoms with Crippen molar-refractivity contribution in [2.45, 2.75) is 0 Å². The van der Waals surface area contributed by atoms with E-state index in [2.05, 4.69) is 241 Å². The van der Waals surface area contributed by atoms with E-state index in [1.54, 1.807) is 0 Å². The Morgan fingerprint density at radius 3 is 0.411 bits per heavy atom. The van der Waals surface area contributed by atoms with Gasteiger partial charge in [-0.2, -0.15) is 0 Å². The van der Waals surface area contributed by atoms with Crippen LogP contribution in [0.3, 0.4) is 0 Å². The van der Waals surface area contributed by atoms with Crippen molar-refractivity contribution in [2.24, 2.45) is 0 Å². The predicted octanol–water partition coefficient (Wildman–Crippen LogP) is 12.3. The highest BCUT2D eigenvalue weighted by Gasteiger charge is 2.04. The fraction of sp³-hybridized carbons (Fsp3) is 0. The van der Waals surface area contributed by atoms with Crippen molar-refractivity contribution in [2.75, 3.05) is 0 Å². The Labute approximate surface area is 329 Å². The van der Waals surface area contributed by atoms with E-state index in [0.717, 1.165) is 89.0 Å². The predicted molar refractivity (Wildman–Crippen MR) is 231 cm³/mol. The summed E-state index contributed by atoms with van der Waals surface area (Å²) in [6, 6.07) is 67.0. The third kappa shape index (κ3) is 7.99. The lowest BCUT2D eigenvalue weighted by molar-refractivity contribution is 1.55. The van der Waals surface area contributed by atoms with Gasteiger partial charge in [0.15, 0.2) is 0 Å². The lowest BCUT2D eigenvalue weighted by Gasteiger charge is -2.05. The first-order valence-corrected chi connectivity index (χ1v) is 18.6. The molecular weight excluding hydrogens is 673 g/mol. The summed E-state index contributed by atoms with van der Waals surface area (Å²) < 4.78 is 0. The summed E-state index contributed by atoms with van der Waals surface area (Å²) >= 11 is 0. The van der Waals surface area contributed by atoms with Gasteiger partial charge in [0.2, 0.25) is 0 Å². The summed E-state index contributed by atoms with van der Waals surface area (Å²) in [5.41, 5.74) is 16.4. The molecule has 8 aromatic rings. The van der Waals surface area contributed by atoms with Gasteiger partial charge in [-0.05, 0) is 142 Å². The maximum atomic E-state index is 3.40. The van der Waals surface area contributed by atoms with Crippen LogP contribution >= 0.6 is 0 Å². The zero-order valence-electron chi connectivity index (χ0n) is 30.5. The van der Waals surface area contributed by atoms with E-state index >= 15 is 0 Å². The first-order chi connectivity index (χ1) is 27.7. The van der Waals surface area contributed by atoms with Crippen molar-refractivity contribution in [3.63, 3.8) is 0 Å². The van der Waals surface area contributed by atoms with Crippen LogP contribution in [0.25, 0.3) is 44.5 Å². The topological polar surface area (TPSA) is 0 Å². The third-order valence-corrected chi connectivity index (χ3v) is 9.64. The van der Waals surface area contributed by atoms with E-state index in [0.29, 0.717) is 0 Å². The molecule has 0 saturated heterocycles. The Morgan fingerprint density at radius 2 is 0.286 bits per heavy atom. The molecule has 0 amide bonds. The first kappa shape index (κ1) is 33.8. The number of hydrogen-bond acceptors (Lipinski definition) is 0. The molecule has 9 rings (SSSR count). The number of fused-ring (bicyclic) bond motifs is 20. The van der Waals surface area contributed by atoms with Crippen molar-refractivity contribution >= 4 is 0 Å². The van der Waals surface area contributed by atoms with Gasteiger partial charge in [-0.3, -0.25) is 0 Å². The minimum absolute atomic E-state index is 0.955. The van der Waals surface area contributed by atoms with E-state index in [1.807, 2.05) is 0 Å². The first-order valence-electron chi connectivity index (χ1n) is 18.6. The second-order valence-electron chi connectivity index (χ2n) is 13.6. The van der Waals surface area contributed by atoms with E-state index in [4.69, 9.17) is 0 Å². The summed E-state index contributed by atoms with van der Waals surface area (Å²) in [5, 5.41) is 0. The maximum Gasteiger partial charge on any atom is 0.0255 e. The molecule has 8 aromatic carbocycles. The molecule has 0 aromatic heterocycles. The summed E-state index contributed by atoms with van der Waals surface area (Å²) in [6.07, 6.45) is 0. The molecule has 256 valence electrons. The molecule has 0 spiro atoms. The molecular formula is C56H32. The highest BCUT2D eigenvalue weighted by Crippen LogP contribution is 2.26. The molecule has 0 heterocycles. The molecule has 1 aliphatic rings. The molecule has 0 nitrogen and oxygen atoms in total. The lowest BCUT2D eigenvalue weighted by atomic mass is 9.99. The second kappa shape index (κ2) is 15.5. The smallest absolute Gasteiger partial charge is 0.0255 e. The molecule has 1 aliphatic carbocycles. The third-order valence-electron chi connectivity index (χ3n) is 9.64. The molecule has 0 N–H and O–H groups in total. The van der Waals surface area contributed by atoms with Gasteiger partial charge in [0.25, 0.3) is 0 Å². The van der Waals surface area contributed by atoms with Crippen LogP contribution in [0.4, 0.5) is 0 Å². The van der Waals surface area contributed by atoms with Gasteiger partial charge in [0.1, 0.15) is 0 Å². The van der Waals surface area contributed by atoms with Crippen LogP contribution in [0, 0.1) is 47.4 Å². The summed E-state index contributed by atoms with van der Waals surface area (Å²) in [6.45, 7) is 0. The van der Waals surface area contributed by atoms with Crippen LogP contribution in [-0.2, 0) is 0 Å². The van der Waals surface area contributed by atoms with Gasteiger partial charge in [0.05, 0.1) is 0 Å². The Morgan fingerprint density at radius 1 is 0.161 bits per heavy atom. The minimum Gasteiger partial charge on any atom is -0.0616 e. The average Bonchev–Trinajstić information content (AvgIpc) is 3.27. The van der Waals surface area contributed by atoms with Gasteiger partial charge in [-0.25, -0.2) is 0 Å². The Kier molecular flexibility index (Phi) is 9.38. The average molecular weight is 705 g/mol. The van der Waals surface area contributed by atoms with Gasteiger partial charge in [-0.15, -0.1) is 0 Å². The Bertz CT molecular complexity index is 2440. The van der Waals surface area contributed by atoms with Crippen molar-refractivity contribution in [3.05, 3.63) is 239 Å². The molecule has 0 unspecified atom stereocenters. The minimum atomic E-state index is 0.955. The lowest BCUT2D eigenvalue weighted by Crippen LogP contribution is -1.85. The summed E-state index contributed by atoms with van der Waals surface area (Å²) in [7, 11) is 0. The zero-order chi connectivity index (χ0) is 37.5. The van der Waals surface area contributed by atoms with Crippen LogP contribution in [0.5, 0.6) is 0 Å². The van der Waals surface area contributed by atoms with Gasteiger partial charge >= 0.3 is 0 Å². The van der Waals surface area contributed by atoms with E-state index < -0.39 is 0 Å². The van der Waals surface area contributed by atoms with Crippen LogP contribution in [0.1, 0.15) is 44.5 Å². The Hall–Kier alpha value is -8.00. The highest BCUT2D eigenvalue weighted by atomic mass is 14.1. The number of rotatable bonds is 0. The van der Waals surface area contributed by atoms with Crippen LogP contribution < -0.4 is 0 Å². The van der Waals surface area contributed by atoms with Gasteiger partial charge in [-0.1, -0.05) is 144 Å². The quantitative estimate of drug-likeness (QED) is 0.138. The standard InChI is InChI=1S/C56H32/c1-9-41-25-26-42-11-3-19-51(35-42)52-20-5-13-45(37-52)29-30-46-15-7-23-55(39-46)56-24-8-16-48(40-56)32-31-47-14-6-22-54(38-47)53-21-4-12-44(36-53)28-27-43-10-2-18-50(34-43)49(17-1)33-41/h1-24,33-40H. The highest BCUT2D eigenvalue weighted by molar-refractivity contribution is 5.72. The Balaban J connectivity index is 1.12. The van der Waals surface area contributed by atoms with Gasteiger partial charge in [0, 0.05) is 44.5 Å². The molecule has 0 radical (unpaired) electrons. The summed E-state index contributed by atoms with van der Waals surface area (Å²) in [5.74, 6) is 27.2. The molecule has 16 bridgehead atoms. The molecule has 56 heavy (non-hydrogen) atoms. The largest absolute Gasteiger partial charge is 0.0616 e. The van der Waals surface area contributed by atoms with Crippen molar-refractivity contribution in [1.29, 1.82) is 0 Å². The van der Waals surface area contributed by atoms with Crippen molar-refractivity contribution in [1.82, 2.24) is 0 Å². The normalized spacial score (nSPS) is 10.9. The van der Waals surface area contributed by atoms with E-state index in [1.165, 1.54) is 0 Å². The zero-order valence-corrected chi connectivity index (χ0v) is 30.5. The molecule has 0 saturated carbocycles. The maximum absolute atomic E-state index is 3.40.